The number of hydrogen-bond donors (Lipinski definition) is 1. The number of amides is 1. The molecule has 1 rings (SSSR count). The van der Waals surface area contributed by atoms with Gasteiger partial charge in [-0.15, -0.1) is 0 Å². The SMILES string of the molecule is COc1ccc([N+](=O)[O-])c(C#CCCNC(C)=O)c1. The summed E-state index contributed by atoms with van der Waals surface area (Å²) in [6.45, 7) is 1.83. The van der Waals surface area contributed by atoms with Crippen LogP contribution in [0.1, 0.15) is 18.9 Å². The lowest BCUT2D eigenvalue weighted by molar-refractivity contribution is -0.385. The van der Waals surface area contributed by atoms with Gasteiger partial charge in [0.05, 0.1) is 12.0 Å². The molecule has 100 valence electrons. The molecule has 6 nitrogen and oxygen atoms in total. The van der Waals surface area contributed by atoms with Crippen LogP contribution < -0.4 is 10.1 Å². The van der Waals surface area contributed by atoms with Gasteiger partial charge in [-0.1, -0.05) is 11.8 Å². The fraction of sp³-hybridized carbons (Fsp3) is 0.308. The normalized spacial score (nSPS) is 9.16. The summed E-state index contributed by atoms with van der Waals surface area (Å²) in [6, 6.07) is 4.39. The van der Waals surface area contributed by atoms with Crippen LogP contribution in [0.5, 0.6) is 5.75 Å². The lowest BCUT2D eigenvalue weighted by Crippen LogP contribution is -2.20. The van der Waals surface area contributed by atoms with Crippen molar-refractivity contribution in [2.75, 3.05) is 13.7 Å². The molecule has 0 fully saturated rings. The van der Waals surface area contributed by atoms with E-state index >= 15 is 0 Å². The monoisotopic (exact) mass is 262 g/mol. The zero-order valence-corrected chi connectivity index (χ0v) is 10.7. The molecule has 0 spiro atoms. The van der Waals surface area contributed by atoms with E-state index in [1.165, 1.54) is 32.2 Å². The first-order valence-corrected chi connectivity index (χ1v) is 5.60. The maximum absolute atomic E-state index is 10.8. The summed E-state index contributed by atoms with van der Waals surface area (Å²) in [7, 11) is 1.48. The van der Waals surface area contributed by atoms with Crippen LogP contribution in [0.4, 0.5) is 5.69 Å². The molecule has 0 aliphatic heterocycles. The number of carbonyl (C=O) groups excluding carboxylic acids is 1. The highest BCUT2D eigenvalue weighted by molar-refractivity contribution is 5.72. The number of hydrogen-bond acceptors (Lipinski definition) is 4. The number of ether oxygens (including phenoxy) is 1. The summed E-state index contributed by atoms with van der Waals surface area (Å²) in [4.78, 5) is 21.0. The van der Waals surface area contributed by atoms with Crippen LogP contribution in [-0.4, -0.2) is 24.5 Å². The Balaban J connectivity index is 2.83. The molecule has 0 unspecified atom stereocenters. The smallest absolute Gasteiger partial charge is 0.285 e. The standard InChI is InChI=1S/C13H14N2O4/c1-10(16)14-8-4-3-5-11-9-12(19-2)6-7-13(11)15(17)18/h6-7,9H,4,8H2,1-2H3,(H,14,16). The maximum atomic E-state index is 10.8. The minimum atomic E-state index is -0.489. The van der Waals surface area contributed by atoms with Gasteiger partial charge in [0.2, 0.25) is 5.91 Å². The van der Waals surface area contributed by atoms with E-state index in [1.54, 1.807) is 0 Å². The van der Waals surface area contributed by atoms with E-state index in [9.17, 15) is 14.9 Å². The number of nitro benzene ring substituents is 1. The Kier molecular flexibility index (Phi) is 5.35. The molecule has 0 radical (unpaired) electrons. The van der Waals surface area contributed by atoms with Gasteiger partial charge in [-0.2, -0.15) is 0 Å². The van der Waals surface area contributed by atoms with Crippen molar-refractivity contribution >= 4 is 11.6 Å². The molecule has 0 aliphatic rings. The fourth-order valence-corrected chi connectivity index (χ4v) is 1.36. The quantitative estimate of drug-likeness (QED) is 0.385. The molecule has 0 bridgehead atoms. The molecular formula is C13H14N2O4. The van der Waals surface area contributed by atoms with E-state index < -0.39 is 4.92 Å². The first kappa shape index (κ1) is 14.5. The number of nitrogens with one attached hydrogen (secondary N) is 1. The average molecular weight is 262 g/mol. The van der Waals surface area contributed by atoms with Crippen LogP contribution in [0.15, 0.2) is 18.2 Å². The molecule has 1 aromatic rings. The molecule has 0 aromatic heterocycles. The summed E-state index contributed by atoms with van der Waals surface area (Å²) >= 11 is 0. The Morgan fingerprint density at radius 2 is 2.26 bits per heavy atom. The summed E-state index contributed by atoms with van der Waals surface area (Å²) in [6.07, 6.45) is 0.425. The molecule has 19 heavy (non-hydrogen) atoms. The van der Waals surface area contributed by atoms with Gasteiger partial charge in [-0.3, -0.25) is 14.9 Å². The highest BCUT2D eigenvalue weighted by atomic mass is 16.6. The second kappa shape index (κ2) is 7.01. The minimum absolute atomic E-state index is 0.0622. The van der Waals surface area contributed by atoms with Crippen molar-refractivity contribution in [2.45, 2.75) is 13.3 Å². The maximum Gasteiger partial charge on any atom is 0.285 e. The topological polar surface area (TPSA) is 81.5 Å². The number of carbonyl (C=O) groups is 1. The molecule has 0 saturated heterocycles. The molecule has 6 heteroatoms. The van der Waals surface area contributed by atoms with Crippen molar-refractivity contribution in [3.8, 4) is 17.6 Å². The lowest BCUT2D eigenvalue weighted by Gasteiger charge is -2.00. The first-order valence-electron chi connectivity index (χ1n) is 5.60. The van der Waals surface area contributed by atoms with Gasteiger partial charge in [0.25, 0.3) is 5.69 Å². The minimum Gasteiger partial charge on any atom is -0.497 e. The Labute approximate surface area is 110 Å². The number of methoxy groups -OCH3 is 1. The van der Waals surface area contributed by atoms with Gasteiger partial charge >= 0.3 is 0 Å². The van der Waals surface area contributed by atoms with Crippen LogP contribution >= 0.6 is 0 Å². The van der Waals surface area contributed by atoms with Gasteiger partial charge in [-0.05, 0) is 6.07 Å². The number of rotatable bonds is 4. The van der Waals surface area contributed by atoms with Gasteiger partial charge in [-0.25, -0.2) is 0 Å². The molecule has 0 heterocycles. The number of nitrogens with zero attached hydrogens (tertiary/aromatic N) is 1. The average Bonchev–Trinajstić information content (AvgIpc) is 2.37. The third kappa shape index (κ3) is 4.68. The Morgan fingerprint density at radius 3 is 2.84 bits per heavy atom. The predicted octanol–water partition coefficient (Wildman–Crippen LogP) is 1.48. The zero-order chi connectivity index (χ0) is 14.3. The van der Waals surface area contributed by atoms with Gasteiger partial charge in [0.15, 0.2) is 0 Å². The summed E-state index contributed by atoms with van der Waals surface area (Å²) < 4.78 is 5.00. The number of benzene rings is 1. The molecule has 1 N–H and O–H groups in total. The van der Waals surface area contributed by atoms with E-state index in [4.69, 9.17) is 4.74 Å². The Morgan fingerprint density at radius 1 is 1.53 bits per heavy atom. The second-order valence-corrected chi connectivity index (χ2v) is 3.67. The van der Waals surface area contributed by atoms with Gasteiger partial charge < -0.3 is 10.1 Å². The first-order chi connectivity index (χ1) is 9.04. The summed E-state index contributed by atoms with van der Waals surface area (Å²) in [5.41, 5.74) is 0.236. The van der Waals surface area contributed by atoms with Crippen molar-refractivity contribution in [2.24, 2.45) is 0 Å². The zero-order valence-electron chi connectivity index (χ0n) is 10.7. The van der Waals surface area contributed by atoms with E-state index in [0.717, 1.165) is 0 Å². The van der Waals surface area contributed by atoms with Crippen LogP contribution in [0.25, 0.3) is 0 Å². The summed E-state index contributed by atoms with van der Waals surface area (Å²) in [5, 5.41) is 13.4. The van der Waals surface area contributed by atoms with E-state index in [2.05, 4.69) is 17.2 Å². The van der Waals surface area contributed by atoms with Crippen LogP contribution in [0, 0.1) is 22.0 Å². The van der Waals surface area contributed by atoms with Crippen molar-refractivity contribution in [1.29, 1.82) is 0 Å². The molecular weight excluding hydrogens is 248 g/mol. The highest BCUT2D eigenvalue weighted by Crippen LogP contribution is 2.22. The number of nitro groups is 1. The van der Waals surface area contributed by atoms with Crippen molar-refractivity contribution in [3.05, 3.63) is 33.9 Å². The predicted molar refractivity (Wildman–Crippen MR) is 69.8 cm³/mol. The fourth-order valence-electron chi connectivity index (χ4n) is 1.36. The molecule has 1 aromatic carbocycles. The van der Waals surface area contributed by atoms with Crippen LogP contribution in [0.2, 0.25) is 0 Å². The van der Waals surface area contributed by atoms with Gasteiger partial charge in [0, 0.05) is 32.0 Å². The van der Waals surface area contributed by atoms with Crippen molar-refractivity contribution in [1.82, 2.24) is 5.32 Å². The van der Waals surface area contributed by atoms with Gasteiger partial charge in [0.1, 0.15) is 11.3 Å². The third-order valence-corrected chi connectivity index (χ3v) is 2.25. The Bertz CT molecular complexity index is 543. The largest absolute Gasteiger partial charge is 0.497 e. The Hall–Kier alpha value is -2.55. The third-order valence-electron chi connectivity index (χ3n) is 2.25. The molecule has 0 aliphatic carbocycles. The van der Waals surface area contributed by atoms with E-state index in [-0.39, 0.29) is 11.6 Å². The van der Waals surface area contributed by atoms with E-state index in [1.807, 2.05) is 0 Å². The van der Waals surface area contributed by atoms with Crippen molar-refractivity contribution < 1.29 is 14.5 Å². The molecule has 1 amide bonds. The van der Waals surface area contributed by atoms with E-state index in [0.29, 0.717) is 24.3 Å². The molecule has 0 atom stereocenters. The summed E-state index contributed by atoms with van der Waals surface area (Å²) in [5.74, 6) is 5.88. The van der Waals surface area contributed by atoms with Crippen molar-refractivity contribution in [3.63, 3.8) is 0 Å². The van der Waals surface area contributed by atoms with Crippen LogP contribution in [0.3, 0.4) is 0 Å². The second-order valence-electron chi connectivity index (χ2n) is 3.67. The molecule has 0 saturated carbocycles. The lowest BCUT2D eigenvalue weighted by atomic mass is 10.1. The highest BCUT2D eigenvalue weighted by Gasteiger charge is 2.12. The van der Waals surface area contributed by atoms with Crippen LogP contribution in [-0.2, 0) is 4.79 Å².